The molecule has 144 valence electrons. The van der Waals surface area contributed by atoms with Gasteiger partial charge >= 0.3 is 0 Å². The van der Waals surface area contributed by atoms with Gasteiger partial charge in [-0.2, -0.15) is 0 Å². The summed E-state index contributed by atoms with van der Waals surface area (Å²) in [6, 6.07) is 5.14. The second-order valence-corrected chi connectivity index (χ2v) is 8.61. The zero-order valence-electron chi connectivity index (χ0n) is 16.0. The lowest BCUT2D eigenvalue weighted by Crippen LogP contribution is -2.42. The van der Waals surface area contributed by atoms with E-state index in [9.17, 15) is 4.39 Å². The zero-order valence-corrected chi connectivity index (χ0v) is 16.0. The second kappa shape index (κ2) is 8.26. The quantitative estimate of drug-likeness (QED) is 0.818. The van der Waals surface area contributed by atoms with Crippen molar-refractivity contribution < 1.29 is 4.39 Å². The van der Waals surface area contributed by atoms with E-state index < -0.39 is 0 Å². The number of fused-ring (bicyclic) bond motifs is 1. The molecule has 4 rings (SSSR count). The van der Waals surface area contributed by atoms with Crippen LogP contribution in [0.4, 0.5) is 10.1 Å². The summed E-state index contributed by atoms with van der Waals surface area (Å²) < 4.78 is 14.8. The first-order valence-electron chi connectivity index (χ1n) is 10.8. The van der Waals surface area contributed by atoms with Crippen molar-refractivity contribution in [2.45, 2.75) is 82.2 Å². The highest BCUT2D eigenvalue weighted by Gasteiger charge is 2.29. The lowest BCUT2D eigenvalue weighted by atomic mass is 9.85. The number of halogens is 1. The summed E-state index contributed by atoms with van der Waals surface area (Å²) in [5, 5.41) is 3.49. The van der Waals surface area contributed by atoms with Crippen LogP contribution in [0.25, 0.3) is 0 Å². The molecule has 2 heterocycles. The Bertz CT molecular complexity index is 604. The van der Waals surface area contributed by atoms with Crippen LogP contribution >= 0.6 is 0 Å². The van der Waals surface area contributed by atoms with E-state index in [0.717, 1.165) is 69.0 Å². The third-order valence-corrected chi connectivity index (χ3v) is 6.87. The predicted octanol–water partition coefficient (Wildman–Crippen LogP) is 4.41. The van der Waals surface area contributed by atoms with Crippen LogP contribution in [0.15, 0.2) is 12.1 Å². The highest BCUT2D eigenvalue weighted by Crippen LogP contribution is 2.37. The van der Waals surface area contributed by atoms with E-state index in [1.165, 1.54) is 37.7 Å². The summed E-state index contributed by atoms with van der Waals surface area (Å²) in [7, 11) is 0. The fourth-order valence-corrected chi connectivity index (χ4v) is 5.35. The summed E-state index contributed by atoms with van der Waals surface area (Å²) in [5.41, 5.74) is 8.91. The van der Waals surface area contributed by atoms with Crippen molar-refractivity contribution in [3.63, 3.8) is 0 Å². The van der Waals surface area contributed by atoms with Crippen molar-refractivity contribution in [3.05, 3.63) is 29.1 Å². The maximum Gasteiger partial charge on any atom is 0.128 e. The largest absolute Gasteiger partial charge is 0.382 e. The minimum absolute atomic E-state index is 0.00755. The number of hydrogen-bond acceptors (Lipinski definition) is 3. The van der Waals surface area contributed by atoms with E-state index in [-0.39, 0.29) is 5.82 Å². The van der Waals surface area contributed by atoms with Gasteiger partial charge in [0, 0.05) is 17.8 Å². The maximum absolute atomic E-state index is 14.8. The van der Waals surface area contributed by atoms with Gasteiger partial charge in [0.15, 0.2) is 0 Å². The molecule has 0 aromatic heterocycles. The van der Waals surface area contributed by atoms with Crippen molar-refractivity contribution in [1.82, 2.24) is 4.90 Å². The number of anilines is 1. The first-order valence-corrected chi connectivity index (χ1v) is 10.8. The van der Waals surface area contributed by atoms with Gasteiger partial charge in [0.1, 0.15) is 5.82 Å². The third-order valence-electron chi connectivity index (χ3n) is 6.87. The number of rotatable bonds is 5. The van der Waals surface area contributed by atoms with Crippen molar-refractivity contribution in [2.24, 2.45) is 5.73 Å². The Morgan fingerprint density at radius 2 is 1.85 bits per heavy atom. The molecule has 1 saturated carbocycles. The van der Waals surface area contributed by atoms with Crippen LogP contribution < -0.4 is 11.1 Å². The Morgan fingerprint density at radius 3 is 2.58 bits per heavy atom. The van der Waals surface area contributed by atoms with Crippen molar-refractivity contribution in [1.29, 1.82) is 0 Å². The minimum atomic E-state index is -0.00755. The highest BCUT2D eigenvalue weighted by atomic mass is 19.1. The molecule has 0 amide bonds. The Morgan fingerprint density at radius 1 is 1.08 bits per heavy atom. The number of nitrogens with two attached hydrogens (primary N) is 1. The molecule has 2 aliphatic heterocycles. The molecule has 3 N–H and O–H groups in total. The number of likely N-dealkylation sites (tertiary alicyclic amines) is 1. The van der Waals surface area contributed by atoms with Crippen molar-refractivity contribution >= 4 is 5.69 Å². The lowest BCUT2D eigenvalue weighted by Gasteiger charge is -2.39. The van der Waals surface area contributed by atoms with Gasteiger partial charge in [-0.15, -0.1) is 0 Å². The van der Waals surface area contributed by atoms with E-state index >= 15 is 0 Å². The molecule has 3 aliphatic rings. The second-order valence-electron chi connectivity index (χ2n) is 8.61. The van der Waals surface area contributed by atoms with E-state index in [2.05, 4.69) is 16.3 Å². The topological polar surface area (TPSA) is 41.3 Å². The van der Waals surface area contributed by atoms with Gasteiger partial charge in [-0.05, 0) is 87.7 Å². The average molecular weight is 360 g/mol. The first-order chi connectivity index (χ1) is 12.7. The van der Waals surface area contributed by atoms with Crippen LogP contribution in [0, 0.1) is 5.82 Å². The molecule has 0 spiro atoms. The van der Waals surface area contributed by atoms with E-state index in [1.54, 1.807) is 6.07 Å². The molecule has 4 heteroatoms. The number of benzene rings is 1. The third kappa shape index (κ3) is 3.91. The van der Waals surface area contributed by atoms with Gasteiger partial charge in [-0.3, -0.25) is 0 Å². The van der Waals surface area contributed by atoms with Crippen LogP contribution in [-0.2, 0) is 6.42 Å². The van der Waals surface area contributed by atoms with E-state index in [0.29, 0.717) is 12.0 Å². The van der Waals surface area contributed by atoms with Gasteiger partial charge in [-0.1, -0.05) is 25.3 Å². The van der Waals surface area contributed by atoms with Gasteiger partial charge < -0.3 is 16.0 Å². The molecule has 1 atom stereocenters. The summed E-state index contributed by atoms with van der Waals surface area (Å²) in [6.07, 6.45) is 12.3. The predicted molar refractivity (Wildman–Crippen MR) is 106 cm³/mol. The van der Waals surface area contributed by atoms with Gasteiger partial charge in [0.05, 0.1) is 0 Å². The molecule has 26 heavy (non-hydrogen) atoms. The van der Waals surface area contributed by atoms with Gasteiger partial charge in [0.2, 0.25) is 0 Å². The SMILES string of the molecule is NCCCC1Cc2cc(C3CCN(C4CCCCC4)CC3)c(F)cc2N1. The maximum atomic E-state index is 14.8. The number of hydrogen-bond donors (Lipinski definition) is 2. The molecule has 0 radical (unpaired) electrons. The Kier molecular flexibility index (Phi) is 5.80. The van der Waals surface area contributed by atoms with Gasteiger partial charge in [-0.25, -0.2) is 4.39 Å². The normalized spacial score (nSPS) is 25.2. The lowest BCUT2D eigenvalue weighted by molar-refractivity contribution is 0.121. The Labute approximate surface area is 157 Å². The summed E-state index contributed by atoms with van der Waals surface area (Å²) in [5.74, 6) is 0.384. The summed E-state index contributed by atoms with van der Waals surface area (Å²) >= 11 is 0. The summed E-state index contributed by atoms with van der Waals surface area (Å²) in [6.45, 7) is 3.01. The van der Waals surface area contributed by atoms with Crippen LogP contribution in [0.1, 0.15) is 74.8 Å². The smallest absolute Gasteiger partial charge is 0.128 e. The van der Waals surface area contributed by atoms with Crippen molar-refractivity contribution in [2.75, 3.05) is 25.0 Å². The number of nitrogens with zero attached hydrogens (tertiary/aromatic N) is 1. The fourth-order valence-electron chi connectivity index (χ4n) is 5.35. The van der Waals surface area contributed by atoms with Crippen LogP contribution in [0.2, 0.25) is 0 Å². The fraction of sp³-hybridized carbons (Fsp3) is 0.727. The van der Waals surface area contributed by atoms with Crippen LogP contribution in [0.3, 0.4) is 0 Å². The van der Waals surface area contributed by atoms with Crippen molar-refractivity contribution in [3.8, 4) is 0 Å². The van der Waals surface area contributed by atoms with Crippen LogP contribution in [0.5, 0.6) is 0 Å². The molecule has 0 bridgehead atoms. The van der Waals surface area contributed by atoms with E-state index in [4.69, 9.17) is 5.73 Å². The molecule has 1 aliphatic carbocycles. The molecular weight excluding hydrogens is 325 g/mol. The first kappa shape index (κ1) is 18.2. The molecule has 1 aromatic carbocycles. The minimum Gasteiger partial charge on any atom is -0.382 e. The monoisotopic (exact) mass is 359 g/mol. The van der Waals surface area contributed by atoms with E-state index in [1.807, 2.05) is 0 Å². The Balaban J connectivity index is 1.38. The zero-order chi connectivity index (χ0) is 17.9. The molecule has 1 aromatic rings. The molecule has 1 unspecified atom stereocenters. The molecular formula is C22H34FN3. The summed E-state index contributed by atoms with van der Waals surface area (Å²) in [4.78, 5) is 2.69. The van der Waals surface area contributed by atoms with Gasteiger partial charge in [0.25, 0.3) is 0 Å². The number of piperidine rings is 1. The average Bonchev–Trinajstić information content (AvgIpc) is 3.08. The molecule has 1 saturated heterocycles. The Hall–Kier alpha value is -1.13. The molecule has 2 fully saturated rings. The highest BCUT2D eigenvalue weighted by molar-refractivity contribution is 5.58. The van der Waals surface area contributed by atoms with Crippen LogP contribution in [-0.4, -0.2) is 36.6 Å². The molecule has 3 nitrogen and oxygen atoms in total. The number of nitrogens with one attached hydrogen (secondary N) is 1. The standard InChI is InChI=1S/C22H34FN3/c23-21-15-22-17(13-18(25-22)5-4-10-24)14-20(21)16-8-11-26(12-9-16)19-6-2-1-3-7-19/h14-16,18-19,25H,1-13,24H2.